The van der Waals surface area contributed by atoms with Crippen LogP contribution in [-0.2, 0) is 6.18 Å². The highest BCUT2D eigenvalue weighted by Crippen LogP contribution is 2.30. The van der Waals surface area contributed by atoms with Crippen LogP contribution in [0.2, 0.25) is 0 Å². The Kier molecular flexibility index (Phi) is 3.55. The van der Waals surface area contributed by atoms with Crippen LogP contribution in [0, 0.1) is 5.82 Å². The van der Waals surface area contributed by atoms with Gasteiger partial charge in [-0.2, -0.15) is 18.3 Å². The van der Waals surface area contributed by atoms with Crippen LogP contribution in [0.5, 0.6) is 0 Å². The second-order valence-electron chi connectivity index (χ2n) is 3.71. The van der Waals surface area contributed by atoms with Gasteiger partial charge in [0.05, 0.1) is 10.0 Å². The van der Waals surface area contributed by atoms with Gasteiger partial charge in [0.15, 0.2) is 11.5 Å². The van der Waals surface area contributed by atoms with Crippen molar-refractivity contribution < 1.29 is 27.5 Å². The molecule has 0 fully saturated rings. The third-order valence-corrected chi connectivity index (χ3v) is 3.19. The highest BCUT2D eigenvalue weighted by molar-refractivity contribution is 9.10. The first kappa shape index (κ1) is 14.5. The summed E-state index contributed by atoms with van der Waals surface area (Å²) in [6.45, 7) is 0. The maximum Gasteiger partial charge on any atom is 0.435 e. The normalized spacial score (nSPS) is 11.7. The van der Waals surface area contributed by atoms with Crippen LogP contribution in [0.1, 0.15) is 16.1 Å². The Balaban J connectivity index is 2.52. The molecule has 106 valence electrons. The number of carboxylic acids is 1. The van der Waals surface area contributed by atoms with E-state index < -0.39 is 23.7 Å². The second-order valence-corrected chi connectivity index (χ2v) is 4.50. The van der Waals surface area contributed by atoms with Crippen molar-refractivity contribution in [2.45, 2.75) is 6.18 Å². The Labute approximate surface area is 117 Å². The summed E-state index contributed by atoms with van der Waals surface area (Å²) in [5.41, 5.74) is -1.80. The largest absolute Gasteiger partial charge is 0.478 e. The van der Waals surface area contributed by atoms with E-state index >= 15 is 0 Å². The van der Waals surface area contributed by atoms with Crippen LogP contribution in [0.4, 0.5) is 17.6 Å². The lowest BCUT2D eigenvalue weighted by Gasteiger charge is -2.07. The van der Waals surface area contributed by atoms with Gasteiger partial charge in [-0.1, -0.05) is 0 Å². The quantitative estimate of drug-likeness (QED) is 0.841. The average Bonchev–Trinajstić information content (AvgIpc) is 2.81. The number of aromatic nitrogens is 2. The number of rotatable bonds is 2. The maximum absolute atomic E-state index is 14.0. The SMILES string of the molecule is O=C(O)c1ccc(-n2ccc(C(F)(F)F)n2)c(F)c1Br. The fourth-order valence-corrected chi connectivity index (χ4v) is 2.00. The van der Waals surface area contributed by atoms with E-state index in [0.29, 0.717) is 10.7 Å². The van der Waals surface area contributed by atoms with Crippen LogP contribution in [0.3, 0.4) is 0 Å². The van der Waals surface area contributed by atoms with Gasteiger partial charge in [-0.15, -0.1) is 0 Å². The number of nitrogens with zero attached hydrogens (tertiary/aromatic N) is 2. The summed E-state index contributed by atoms with van der Waals surface area (Å²) in [5.74, 6) is -2.37. The zero-order valence-electron chi connectivity index (χ0n) is 9.45. The number of hydrogen-bond acceptors (Lipinski definition) is 2. The van der Waals surface area contributed by atoms with Crippen LogP contribution < -0.4 is 0 Å². The Morgan fingerprint density at radius 3 is 2.45 bits per heavy atom. The first-order valence-corrected chi connectivity index (χ1v) is 5.85. The van der Waals surface area contributed by atoms with E-state index in [1.165, 1.54) is 0 Å². The molecule has 0 aliphatic rings. The van der Waals surface area contributed by atoms with E-state index in [0.717, 1.165) is 18.3 Å². The van der Waals surface area contributed by atoms with E-state index in [2.05, 4.69) is 21.0 Å². The van der Waals surface area contributed by atoms with Gasteiger partial charge in [-0.3, -0.25) is 0 Å². The highest BCUT2D eigenvalue weighted by Gasteiger charge is 2.34. The van der Waals surface area contributed by atoms with Gasteiger partial charge in [-0.05, 0) is 34.1 Å². The van der Waals surface area contributed by atoms with Crippen LogP contribution in [-0.4, -0.2) is 20.9 Å². The summed E-state index contributed by atoms with van der Waals surface area (Å²) in [5, 5.41) is 12.0. The first-order valence-electron chi connectivity index (χ1n) is 5.06. The van der Waals surface area contributed by atoms with E-state index in [4.69, 9.17) is 5.11 Å². The van der Waals surface area contributed by atoms with Crippen molar-refractivity contribution in [3.05, 3.63) is 45.9 Å². The molecular weight excluding hydrogens is 348 g/mol. The Morgan fingerprint density at radius 1 is 1.30 bits per heavy atom. The molecule has 0 saturated carbocycles. The minimum Gasteiger partial charge on any atom is -0.478 e. The molecular formula is C11H5BrF4N2O2. The molecule has 1 heterocycles. The van der Waals surface area contributed by atoms with E-state index in [1.54, 1.807) is 0 Å². The summed E-state index contributed by atoms with van der Waals surface area (Å²) in [4.78, 5) is 10.8. The Hall–Kier alpha value is -1.90. The van der Waals surface area contributed by atoms with Gasteiger partial charge in [0, 0.05) is 6.20 Å². The van der Waals surface area contributed by atoms with Gasteiger partial charge >= 0.3 is 12.1 Å². The van der Waals surface area contributed by atoms with Crippen molar-refractivity contribution in [2.24, 2.45) is 0 Å². The minimum absolute atomic E-state index is 0.294. The fraction of sp³-hybridized carbons (Fsp3) is 0.0909. The molecule has 0 amide bonds. The Bertz CT molecular complexity index is 682. The lowest BCUT2D eigenvalue weighted by molar-refractivity contribution is -0.141. The van der Waals surface area contributed by atoms with Crippen molar-refractivity contribution in [3.8, 4) is 5.69 Å². The number of carbonyl (C=O) groups is 1. The topological polar surface area (TPSA) is 55.1 Å². The maximum atomic E-state index is 14.0. The van der Waals surface area contributed by atoms with Crippen LogP contribution in [0.15, 0.2) is 28.9 Å². The summed E-state index contributed by atoms with van der Waals surface area (Å²) in [6.07, 6.45) is -3.70. The number of aromatic carboxylic acids is 1. The van der Waals surface area contributed by atoms with Crippen molar-refractivity contribution in [1.29, 1.82) is 0 Å². The third-order valence-electron chi connectivity index (χ3n) is 2.42. The van der Waals surface area contributed by atoms with Gasteiger partial charge in [0.2, 0.25) is 0 Å². The molecule has 0 atom stereocenters. The van der Waals surface area contributed by atoms with Gasteiger partial charge in [0.25, 0.3) is 0 Å². The standard InChI is InChI=1S/C11H5BrF4N2O2/c12-8-5(10(19)20)1-2-6(9(8)13)18-4-3-7(17-18)11(14,15)16/h1-4H,(H,19,20). The fourth-order valence-electron chi connectivity index (χ4n) is 1.49. The molecule has 2 aromatic rings. The van der Waals surface area contributed by atoms with Crippen LogP contribution in [0.25, 0.3) is 5.69 Å². The zero-order chi connectivity index (χ0) is 15.1. The predicted octanol–water partition coefficient (Wildman–Crippen LogP) is 3.49. The van der Waals surface area contributed by atoms with Crippen molar-refractivity contribution in [2.75, 3.05) is 0 Å². The van der Waals surface area contributed by atoms with Gasteiger partial charge in [-0.25, -0.2) is 13.9 Å². The predicted molar refractivity (Wildman–Crippen MR) is 63.2 cm³/mol. The molecule has 0 spiro atoms. The molecule has 0 radical (unpaired) electrons. The number of halogens is 5. The lowest BCUT2D eigenvalue weighted by Crippen LogP contribution is -2.09. The smallest absolute Gasteiger partial charge is 0.435 e. The van der Waals surface area contributed by atoms with E-state index in [9.17, 15) is 22.4 Å². The Morgan fingerprint density at radius 2 is 1.95 bits per heavy atom. The van der Waals surface area contributed by atoms with Crippen molar-refractivity contribution in [1.82, 2.24) is 9.78 Å². The van der Waals surface area contributed by atoms with E-state index in [1.807, 2.05) is 0 Å². The molecule has 9 heteroatoms. The monoisotopic (exact) mass is 352 g/mol. The van der Waals surface area contributed by atoms with Crippen LogP contribution >= 0.6 is 15.9 Å². The number of benzene rings is 1. The van der Waals surface area contributed by atoms with Crippen molar-refractivity contribution >= 4 is 21.9 Å². The molecule has 4 nitrogen and oxygen atoms in total. The van der Waals surface area contributed by atoms with Gasteiger partial charge in [0.1, 0.15) is 5.69 Å². The molecule has 1 aromatic heterocycles. The summed E-state index contributed by atoms with van der Waals surface area (Å²) in [7, 11) is 0. The third kappa shape index (κ3) is 2.53. The molecule has 20 heavy (non-hydrogen) atoms. The summed E-state index contributed by atoms with van der Waals surface area (Å²) in [6, 6.07) is 2.80. The number of hydrogen-bond donors (Lipinski definition) is 1. The average molecular weight is 353 g/mol. The van der Waals surface area contributed by atoms with Gasteiger partial charge < -0.3 is 5.11 Å². The molecule has 1 aromatic carbocycles. The highest BCUT2D eigenvalue weighted by atomic mass is 79.9. The molecule has 0 aliphatic heterocycles. The second kappa shape index (κ2) is 4.89. The van der Waals surface area contributed by atoms with E-state index in [-0.39, 0.29) is 15.7 Å². The zero-order valence-corrected chi connectivity index (χ0v) is 11.0. The molecule has 0 saturated heterocycles. The number of carboxylic acid groups (broad SMARTS) is 1. The molecule has 0 aliphatic carbocycles. The molecule has 0 unspecified atom stereocenters. The molecule has 0 bridgehead atoms. The summed E-state index contributed by atoms with van der Waals surface area (Å²) >= 11 is 2.76. The van der Waals surface area contributed by atoms with Crippen molar-refractivity contribution in [3.63, 3.8) is 0 Å². The first-order chi connectivity index (χ1) is 9.21. The number of alkyl halides is 3. The lowest BCUT2D eigenvalue weighted by atomic mass is 10.2. The molecule has 2 rings (SSSR count). The molecule has 1 N–H and O–H groups in total. The summed E-state index contributed by atoms with van der Waals surface area (Å²) < 4.78 is 51.5. The minimum atomic E-state index is -4.64.